The Labute approximate surface area is 144 Å². The van der Waals surface area contributed by atoms with Gasteiger partial charge < -0.3 is 4.90 Å². The van der Waals surface area contributed by atoms with Crippen molar-refractivity contribution in [3.8, 4) is 0 Å². The van der Waals surface area contributed by atoms with Gasteiger partial charge in [-0.2, -0.15) is 0 Å². The van der Waals surface area contributed by atoms with Gasteiger partial charge in [0.05, 0.1) is 11.9 Å². The van der Waals surface area contributed by atoms with Gasteiger partial charge in [-0.3, -0.25) is 9.10 Å². The van der Waals surface area contributed by atoms with Gasteiger partial charge in [-0.05, 0) is 31.0 Å². The predicted molar refractivity (Wildman–Crippen MR) is 95.5 cm³/mol. The molecule has 0 aliphatic rings. The van der Waals surface area contributed by atoms with Crippen molar-refractivity contribution in [2.75, 3.05) is 30.7 Å². The molecular weight excluding hydrogens is 336 g/mol. The number of aryl methyl sites for hydroxylation is 1. The molecule has 0 aromatic heterocycles. The summed E-state index contributed by atoms with van der Waals surface area (Å²) in [6.07, 6.45) is 3.21. The molecule has 0 aliphatic heterocycles. The third kappa shape index (κ3) is 6.03. The molecular formula is C16H25ClN2O3S. The monoisotopic (exact) mass is 360 g/mol. The lowest BCUT2D eigenvalue weighted by Crippen LogP contribution is -2.35. The molecule has 7 heteroatoms. The maximum Gasteiger partial charge on any atom is 0.232 e. The molecule has 0 spiro atoms. The summed E-state index contributed by atoms with van der Waals surface area (Å²) in [6, 6.07) is 5.09. The first kappa shape index (κ1) is 19.8. The van der Waals surface area contributed by atoms with E-state index in [-0.39, 0.29) is 18.9 Å². The Bertz CT molecular complexity index is 647. The van der Waals surface area contributed by atoms with Crippen molar-refractivity contribution in [1.29, 1.82) is 0 Å². The van der Waals surface area contributed by atoms with E-state index in [0.29, 0.717) is 17.3 Å². The number of amides is 1. The number of carbonyl (C=O) groups excluding carboxylic acids is 1. The van der Waals surface area contributed by atoms with Gasteiger partial charge in [0, 0.05) is 31.6 Å². The lowest BCUT2D eigenvalue weighted by molar-refractivity contribution is -0.129. The number of unbranched alkanes of at least 4 members (excludes halogenated alkanes) is 1. The van der Waals surface area contributed by atoms with Crippen LogP contribution in [0.25, 0.3) is 0 Å². The highest BCUT2D eigenvalue weighted by Crippen LogP contribution is 2.25. The molecule has 1 aromatic carbocycles. The molecule has 0 saturated carbocycles. The van der Waals surface area contributed by atoms with Crippen molar-refractivity contribution in [3.05, 3.63) is 28.8 Å². The Hall–Kier alpha value is -1.27. The molecule has 0 radical (unpaired) electrons. The molecule has 0 heterocycles. The summed E-state index contributed by atoms with van der Waals surface area (Å²) in [7, 11) is -1.74. The van der Waals surface area contributed by atoms with E-state index in [1.165, 1.54) is 4.31 Å². The van der Waals surface area contributed by atoms with Crippen LogP contribution in [0.2, 0.25) is 5.02 Å². The van der Waals surface area contributed by atoms with Crippen LogP contribution in [0.4, 0.5) is 5.69 Å². The molecule has 0 bridgehead atoms. The predicted octanol–water partition coefficient (Wildman–Crippen LogP) is 3.06. The van der Waals surface area contributed by atoms with E-state index in [2.05, 4.69) is 6.92 Å². The molecule has 0 aliphatic carbocycles. The van der Waals surface area contributed by atoms with Gasteiger partial charge in [-0.15, -0.1) is 0 Å². The van der Waals surface area contributed by atoms with Crippen LogP contribution in [-0.4, -0.2) is 45.6 Å². The number of hydrogen-bond donors (Lipinski definition) is 0. The quantitative estimate of drug-likeness (QED) is 0.715. The first-order valence-electron chi connectivity index (χ1n) is 7.64. The third-order valence-electron chi connectivity index (χ3n) is 3.65. The van der Waals surface area contributed by atoms with Crippen molar-refractivity contribution in [2.24, 2.45) is 0 Å². The zero-order chi connectivity index (χ0) is 17.6. The normalized spacial score (nSPS) is 11.3. The second-order valence-electron chi connectivity index (χ2n) is 5.69. The van der Waals surface area contributed by atoms with E-state index >= 15 is 0 Å². The summed E-state index contributed by atoms with van der Waals surface area (Å²) in [5.41, 5.74) is 1.35. The van der Waals surface area contributed by atoms with Crippen LogP contribution in [0.3, 0.4) is 0 Å². The van der Waals surface area contributed by atoms with Gasteiger partial charge in [0.25, 0.3) is 0 Å². The number of nitrogens with zero attached hydrogens (tertiary/aromatic N) is 2. The number of rotatable bonds is 8. The average Bonchev–Trinajstić information content (AvgIpc) is 2.46. The second kappa shape index (κ2) is 8.55. The van der Waals surface area contributed by atoms with Crippen molar-refractivity contribution in [1.82, 2.24) is 4.90 Å². The molecule has 1 amide bonds. The number of carbonyl (C=O) groups is 1. The van der Waals surface area contributed by atoms with Crippen LogP contribution < -0.4 is 4.31 Å². The fourth-order valence-corrected chi connectivity index (χ4v) is 3.23. The number of sulfonamides is 1. The van der Waals surface area contributed by atoms with Crippen molar-refractivity contribution in [2.45, 2.75) is 33.1 Å². The van der Waals surface area contributed by atoms with E-state index in [0.717, 1.165) is 24.7 Å². The van der Waals surface area contributed by atoms with E-state index in [4.69, 9.17) is 11.6 Å². The Kier molecular flexibility index (Phi) is 7.35. The summed E-state index contributed by atoms with van der Waals surface area (Å²) < 4.78 is 25.3. The summed E-state index contributed by atoms with van der Waals surface area (Å²) >= 11 is 6.08. The summed E-state index contributed by atoms with van der Waals surface area (Å²) in [6.45, 7) is 4.70. The zero-order valence-electron chi connectivity index (χ0n) is 14.2. The topological polar surface area (TPSA) is 57.7 Å². The smallest absolute Gasteiger partial charge is 0.232 e. The van der Waals surface area contributed by atoms with Crippen molar-refractivity contribution < 1.29 is 13.2 Å². The summed E-state index contributed by atoms with van der Waals surface area (Å²) in [4.78, 5) is 13.8. The number of halogens is 1. The van der Waals surface area contributed by atoms with Crippen LogP contribution in [0.5, 0.6) is 0 Å². The minimum Gasteiger partial charge on any atom is -0.346 e. The van der Waals surface area contributed by atoms with Gasteiger partial charge in [0.15, 0.2) is 0 Å². The van der Waals surface area contributed by atoms with Crippen LogP contribution in [0, 0.1) is 6.92 Å². The van der Waals surface area contributed by atoms with Crippen LogP contribution in [-0.2, 0) is 14.8 Å². The Morgan fingerprint density at radius 1 is 1.26 bits per heavy atom. The molecule has 0 saturated heterocycles. The minimum atomic E-state index is -3.48. The lowest BCUT2D eigenvalue weighted by Gasteiger charge is -2.24. The lowest BCUT2D eigenvalue weighted by atomic mass is 10.2. The van der Waals surface area contributed by atoms with Crippen LogP contribution in [0.1, 0.15) is 31.7 Å². The SMILES string of the molecule is CCCCN(C)C(=O)CCN(c1ccc(C)c(Cl)c1)S(C)(=O)=O. The Morgan fingerprint density at radius 2 is 1.91 bits per heavy atom. The van der Waals surface area contributed by atoms with E-state index in [1.54, 1.807) is 30.1 Å². The second-order valence-corrected chi connectivity index (χ2v) is 8.00. The molecule has 0 unspecified atom stereocenters. The molecule has 1 rings (SSSR count). The largest absolute Gasteiger partial charge is 0.346 e. The van der Waals surface area contributed by atoms with E-state index < -0.39 is 10.0 Å². The molecule has 0 fully saturated rings. The zero-order valence-corrected chi connectivity index (χ0v) is 15.7. The van der Waals surface area contributed by atoms with Gasteiger partial charge in [-0.25, -0.2) is 8.42 Å². The highest BCUT2D eigenvalue weighted by Gasteiger charge is 2.20. The van der Waals surface area contributed by atoms with E-state index in [9.17, 15) is 13.2 Å². The first-order chi connectivity index (χ1) is 10.7. The van der Waals surface area contributed by atoms with Gasteiger partial charge in [0.1, 0.15) is 0 Å². The number of hydrogen-bond acceptors (Lipinski definition) is 3. The maximum absolute atomic E-state index is 12.1. The summed E-state index contributed by atoms with van der Waals surface area (Å²) in [5, 5.41) is 0.502. The highest BCUT2D eigenvalue weighted by molar-refractivity contribution is 7.92. The maximum atomic E-state index is 12.1. The van der Waals surface area contributed by atoms with Crippen molar-refractivity contribution in [3.63, 3.8) is 0 Å². The Balaban J connectivity index is 2.85. The molecule has 5 nitrogen and oxygen atoms in total. The Morgan fingerprint density at radius 3 is 2.43 bits per heavy atom. The van der Waals surface area contributed by atoms with Gasteiger partial charge in [-0.1, -0.05) is 31.0 Å². The first-order valence-corrected chi connectivity index (χ1v) is 9.87. The van der Waals surface area contributed by atoms with E-state index in [1.807, 2.05) is 6.92 Å². The molecule has 0 N–H and O–H groups in total. The van der Waals surface area contributed by atoms with Crippen LogP contribution in [0.15, 0.2) is 18.2 Å². The third-order valence-corrected chi connectivity index (χ3v) is 5.25. The fraction of sp³-hybridized carbons (Fsp3) is 0.562. The summed E-state index contributed by atoms with van der Waals surface area (Å²) in [5.74, 6) is -0.0645. The van der Waals surface area contributed by atoms with Crippen molar-refractivity contribution >= 4 is 33.2 Å². The highest BCUT2D eigenvalue weighted by atomic mass is 35.5. The average molecular weight is 361 g/mol. The number of anilines is 1. The minimum absolute atomic E-state index is 0.0645. The number of benzene rings is 1. The van der Waals surface area contributed by atoms with Gasteiger partial charge in [0.2, 0.25) is 15.9 Å². The van der Waals surface area contributed by atoms with Gasteiger partial charge >= 0.3 is 0 Å². The fourth-order valence-electron chi connectivity index (χ4n) is 2.13. The molecule has 130 valence electrons. The molecule has 1 aromatic rings. The molecule has 0 atom stereocenters. The van der Waals surface area contributed by atoms with Crippen LogP contribution >= 0.6 is 11.6 Å². The standard InChI is InChI=1S/C16H25ClN2O3S/c1-5-6-10-18(3)16(20)9-11-19(23(4,21)22)14-8-7-13(2)15(17)12-14/h7-8,12H,5-6,9-11H2,1-4H3. The molecule has 23 heavy (non-hydrogen) atoms.